The van der Waals surface area contributed by atoms with Gasteiger partial charge in [-0.15, -0.1) is 11.3 Å². The quantitative estimate of drug-likeness (QED) is 0.739. The van der Waals surface area contributed by atoms with Gasteiger partial charge in [-0.25, -0.2) is 9.78 Å². The number of fused-ring (bicyclic) bond motifs is 2. The second-order valence-corrected chi connectivity index (χ2v) is 8.13. The molecular formula is C19H25NO2S. The number of rotatable bonds is 4. The Morgan fingerprint density at radius 3 is 2.87 bits per heavy atom. The Hall–Kier alpha value is -1.42. The molecule has 0 unspecified atom stereocenters. The Labute approximate surface area is 142 Å². The summed E-state index contributed by atoms with van der Waals surface area (Å²) in [6.07, 6.45) is 4.56. The first-order valence-electron chi connectivity index (χ1n) is 8.54. The minimum absolute atomic E-state index is 0.238. The molecule has 1 aliphatic carbocycles. The van der Waals surface area contributed by atoms with Crippen molar-refractivity contribution in [1.29, 1.82) is 0 Å². The lowest BCUT2D eigenvalue weighted by atomic mass is 9.69. The molecule has 0 bridgehead atoms. The Kier molecular flexibility index (Phi) is 4.45. The molecule has 2 aromatic heterocycles. The van der Waals surface area contributed by atoms with Crippen molar-refractivity contribution in [3.63, 3.8) is 0 Å². The summed E-state index contributed by atoms with van der Waals surface area (Å²) in [4.78, 5) is 18.4. The minimum Gasteiger partial charge on any atom is -0.462 e. The van der Waals surface area contributed by atoms with E-state index < -0.39 is 0 Å². The van der Waals surface area contributed by atoms with Crippen LogP contribution in [0.1, 0.15) is 61.5 Å². The van der Waals surface area contributed by atoms with Gasteiger partial charge in [0.15, 0.2) is 0 Å². The van der Waals surface area contributed by atoms with Crippen LogP contribution in [0, 0.1) is 11.3 Å². The van der Waals surface area contributed by atoms with E-state index in [1.807, 2.05) is 13.0 Å². The van der Waals surface area contributed by atoms with Gasteiger partial charge in [0.1, 0.15) is 9.71 Å². The zero-order valence-electron chi connectivity index (χ0n) is 14.4. The second-order valence-electron chi connectivity index (χ2n) is 7.10. The molecule has 3 rings (SSSR count). The molecular weight excluding hydrogens is 306 g/mol. The number of carbonyl (C=O) groups is 1. The largest absolute Gasteiger partial charge is 0.462 e. The lowest BCUT2D eigenvalue weighted by Gasteiger charge is -2.36. The van der Waals surface area contributed by atoms with Gasteiger partial charge < -0.3 is 4.74 Å². The lowest BCUT2D eigenvalue weighted by Crippen LogP contribution is -2.29. The predicted octanol–water partition coefficient (Wildman–Crippen LogP) is 5.01. The van der Waals surface area contributed by atoms with E-state index in [4.69, 9.17) is 9.72 Å². The van der Waals surface area contributed by atoms with Crippen LogP contribution in [-0.2, 0) is 17.6 Å². The molecule has 0 saturated heterocycles. The molecule has 0 aromatic carbocycles. The van der Waals surface area contributed by atoms with Crippen LogP contribution in [0.4, 0.5) is 0 Å². The van der Waals surface area contributed by atoms with Crippen molar-refractivity contribution in [1.82, 2.24) is 4.98 Å². The van der Waals surface area contributed by atoms with Crippen molar-refractivity contribution in [3.8, 4) is 0 Å². The molecule has 4 heteroatoms. The van der Waals surface area contributed by atoms with Crippen LogP contribution in [0.3, 0.4) is 0 Å². The fourth-order valence-electron chi connectivity index (χ4n) is 3.38. The van der Waals surface area contributed by atoms with Gasteiger partial charge in [0.2, 0.25) is 0 Å². The van der Waals surface area contributed by atoms with Gasteiger partial charge in [0, 0.05) is 11.1 Å². The van der Waals surface area contributed by atoms with Gasteiger partial charge in [0.25, 0.3) is 0 Å². The number of hydrogen-bond acceptors (Lipinski definition) is 4. The molecule has 1 atom stereocenters. The van der Waals surface area contributed by atoms with E-state index in [0.717, 1.165) is 23.1 Å². The molecule has 2 aromatic rings. The topological polar surface area (TPSA) is 39.2 Å². The number of pyridine rings is 1. The average Bonchev–Trinajstić information content (AvgIpc) is 2.95. The fraction of sp³-hybridized carbons (Fsp3) is 0.579. The first-order valence-corrected chi connectivity index (χ1v) is 9.35. The molecule has 2 heterocycles. The number of hydrogen-bond donors (Lipinski definition) is 0. The Morgan fingerprint density at radius 2 is 2.17 bits per heavy atom. The molecule has 0 aliphatic heterocycles. The first kappa shape index (κ1) is 16.4. The zero-order chi connectivity index (χ0) is 16.6. The van der Waals surface area contributed by atoms with Crippen LogP contribution >= 0.6 is 11.3 Å². The third kappa shape index (κ3) is 3.14. The molecule has 124 valence electrons. The van der Waals surface area contributed by atoms with Crippen LogP contribution in [0.2, 0.25) is 0 Å². The minimum atomic E-state index is -0.238. The number of aryl methyl sites for hydroxylation is 1. The van der Waals surface area contributed by atoms with E-state index in [9.17, 15) is 4.79 Å². The van der Waals surface area contributed by atoms with Gasteiger partial charge in [-0.3, -0.25) is 0 Å². The van der Waals surface area contributed by atoms with E-state index in [2.05, 4.69) is 26.8 Å². The SMILES string of the molecule is CCOC(=O)c1cc2cc3c(nc2s1)CC[C@H](C(C)(C)CC)C3. The maximum Gasteiger partial charge on any atom is 0.348 e. The van der Waals surface area contributed by atoms with Gasteiger partial charge >= 0.3 is 5.97 Å². The van der Waals surface area contributed by atoms with E-state index in [1.165, 1.54) is 35.4 Å². The standard InChI is InChI=1S/C19H25NO2S/c1-5-19(3,4)14-7-8-15-12(10-14)9-13-11-16(18(21)22-6-2)23-17(13)20-15/h9,11,14H,5-8,10H2,1-4H3/t14-/m0/s1. The predicted molar refractivity (Wildman–Crippen MR) is 95.2 cm³/mol. The smallest absolute Gasteiger partial charge is 0.348 e. The molecule has 0 amide bonds. The first-order chi connectivity index (χ1) is 10.9. The third-order valence-corrected chi connectivity index (χ3v) is 6.39. The van der Waals surface area contributed by atoms with Gasteiger partial charge in [-0.2, -0.15) is 0 Å². The fourth-order valence-corrected chi connectivity index (χ4v) is 4.31. The van der Waals surface area contributed by atoms with Crippen molar-refractivity contribution in [2.24, 2.45) is 11.3 Å². The Morgan fingerprint density at radius 1 is 1.39 bits per heavy atom. The number of esters is 1. The summed E-state index contributed by atoms with van der Waals surface area (Å²) in [7, 11) is 0. The summed E-state index contributed by atoms with van der Waals surface area (Å²) in [5.74, 6) is 0.473. The summed E-state index contributed by atoms with van der Waals surface area (Å²) in [5, 5.41) is 1.08. The number of carbonyl (C=O) groups excluding carboxylic acids is 1. The highest BCUT2D eigenvalue weighted by Gasteiger charge is 2.31. The highest BCUT2D eigenvalue weighted by Crippen LogP contribution is 2.40. The lowest BCUT2D eigenvalue weighted by molar-refractivity contribution is 0.0532. The van der Waals surface area contributed by atoms with E-state index in [1.54, 1.807) is 0 Å². The van der Waals surface area contributed by atoms with Gasteiger partial charge in [-0.1, -0.05) is 27.2 Å². The monoisotopic (exact) mass is 331 g/mol. The Balaban J connectivity index is 1.92. The summed E-state index contributed by atoms with van der Waals surface area (Å²) >= 11 is 1.44. The van der Waals surface area contributed by atoms with E-state index in [0.29, 0.717) is 22.8 Å². The van der Waals surface area contributed by atoms with Crippen molar-refractivity contribution in [3.05, 3.63) is 28.3 Å². The van der Waals surface area contributed by atoms with Gasteiger partial charge in [-0.05, 0) is 55.2 Å². The third-order valence-electron chi connectivity index (χ3n) is 5.37. The van der Waals surface area contributed by atoms with Crippen LogP contribution in [-0.4, -0.2) is 17.6 Å². The normalized spacial score (nSPS) is 18.0. The van der Waals surface area contributed by atoms with Crippen LogP contribution in [0.25, 0.3) is 10.2 Å². The van der Waals surface area contributed by atoms with E-state index >= 15 is 0 Å². The zero-order valence-corrected chi connectivity index (χ0v) is 15.3. The second kappa shape index (κ2) is 6.23. The van der Waals surface area contributed by atoms with Crippen molar-refractivity contribution >= 4 is 27.5 Å². The number of aromatic nitrogens is 1. The summed E-state index contributed by atoms with van der Waals surface area (Å²) < 4.78 is 5.10. The maximum absolute atomic E-state index is 11.9. The molecule has 0 radical (unpaired) electrons. The molecule has 0 fully saturated rings. The van der Waals surface area contributed by atoms with Crippen molar-refractivity contribution in [2.45, 2.75) is 53.4 Å². The number of nitrogens with zero attached hydrogens (tertiary/aromatic N) is 1. The molecule has 1 aliphatic rings. The van der Waals surface area contributed by atoms with Gasteiger partial charge in [0.05, 0.1) is 6.61 Å². The molecule has 0 N–H and O–H groups in total. The summed E-state index contributed by atoms with van der Waals surface area (Å²) in [5.41, 5.74) is 2.96. The number of ether oxygens (including phenoxy) is 1. The van der Waals surface area contributed by atoms with Crippen molar-refractivity contribution < 1.29 is 9.53 Å². The van der Waals surface area contributed by atoms with E-state index in [-0.39, 0.29) is 5.97 Å². The molecule has 0 spiro atoms. The van der Waals surface area contributed by atoms with Crippen LogP contribution in [0.5, 0.6) is 0 Å². The molecule has 3 nitrogen and oxygen atoms in total. The van der Waals surface area contributed by atoms with Crippen LogP contribution in [0.15, 0.2) is 12.1 Å². The Bertz CT molecular complexity index is 732. The maximum atomic E-state index is 11.9. The highest BCUT2D eigenvalue weighted by molar-refractivity contribution is 7.20. The molecule has 23 heavy (non-hydrogen) atoms. The van der Waals surface area contributed by atoms with Crippen LogP contribution < -0.4 is 0 Å². The molecule has 0 saturated carbocycles. The number of thiophene rings is 1. The highest BCUT2D eigenvalue weighted by atomic mass is 32.1. The average molecular weight is 331 g/mol. The summed E-state index contributed by atoms with van der Waals surface area (Å²) in [6.45, 7) is 9.26. The van der Waals surface area contributed by atoms with Crippen molar-refractivity contribution in [2.75, 3.05) is 6.61 Å². The summed E-state index contributed by atoms with van der Waals surface area (Å²) in [6, 6.07) is 4.18.